The Kier molecular flexibility index (Phi) is 4.46. The number of ether oxygens (including phenoxy) is 1. The van der Waals surface area contributed by atoms with Crippen LogP contribution in [-0.2, 0) is 23.4 Å². The van der Waals surface area contributed by atoms with E-state index in [0.717, 1.165) is 68.6 Å². The lowest BCUT2D eigenvalue weighted by Gasteiger charge is -2.39. The van der Waals surface area contributed by atoms with Gasteiger partial charge in [0, 0.05) is 18.5 Å². The van der Waals surface area contributed by atoms with Crippen LogP contribution in [-0.4, -0.2) is 29.7 Å². The predicted octanol–water partition coefficient (Wildman–Crippen LogP) is 4.67. The Labute approximate surface area is 160 Å². The van der Waals surface area contributed by atoms with Gasteiger partial charge in [0.25, 0.3) is 0 Å². The van der Waals surface area contributed by atoms with E-state index < -0.39 is 0 Å². The number of hydrogen-bond acceptors (Lipinski definition) is 4. The highest BCUT2D eigenvalue weighted by Gasteiger charge is 2.42. The minimum atomic E-state index is -0.0211. The Balaban J connectivity index is 1.11. The molecular formula is C23H26N2O2. The first-order valence-corrected chi connectivity index (χ1v) is 10.1. The molecule has 0 saturated carbocycles. The van der Waals surface area contributed by atoms with Crippen molar-refractivity contribution in [1.29, 1.82) is 0 Å². The average Bonchev–Trinajstić information content (AvgIpc) is 3.29. The number of rotatable bonds is 5. The number of piperidine rings is 1. The Bertz CT molecular complexity index is 925. The highest BCUT2D eigenvalue weighted by Crippen LogP contribution is 2.43. The fourth-order valence-corrected chi connectivity index (χ4v) is 4.68. The van der Waals surface area contributed by atoms with Gasteiger partial charge in [0.15, 0.2) is 5.58 Å². The van der Waals surface area contributed by atoms with E-state index in [1.165, 1.54) is 17.5 Å². The van der Waals surface area contributed by atoms with E-state index in [2.05, 4.69) is 46.5 Å². The van der Waals surface area contributed by atoms with Crippen molar-refractivity contribution in [1.82, 2.24) is 10.1 Å². The lowest BCUT2D eigenvalue weighted by atomic mass is 9.84. The van der Waals surface area contributed by atoms with Crippen LogP contribution < -0.4 is 0 Å². The second kappa shape index (κ2) is 7.10. The minimum absolute atomic E-state index is 0.0211. The molecule has 0 unspecified atom stereocenters. The van der Waals surface area contributed by atoms with Crippen LogP contribution in [0.15, 0.2) is 53.1 Å². The first-order valence-electron chi connectivity index (χ1n) is 10.1. The van der Waals surface area contributed by atoms with Gasteiger partial charge in [-0.3, -0.25) is 0 Å². The molecule has 2 aromatic carbocycles. The van der Waals surface area contributed by atoms with E-state index in [0.29, 0.717) is 0 Å². The Morgan fingerprint density at radius 3 is 2.70 bits per heavy atom. The summed E-state index contributed by atoms with van der Waals surface area (Å²) in [5.41, 5.74) is 4.78. The number of benzene rings is 2. The van der Waals surface area contributed by atoms with E-state index in [-0.39, 0.29) is 5.60 Å². The van der Waals surface area contributed by atoms with Crippen LogP contribution in [0.4, 0.5) is 0 Å². The molecule has 4 heteroatoms. The van der Waals surface area contributed by atoms with Gasteiger partial charge in [-0.2, -0.15) is 0 Å². The number of aromatic nitrogens is 1. The second-order valence-corrected chi connectivity index (χ2v) is 7.86. The van der Waals surface area contributed by atoms with Crippen LogP contribution in [0.3, 0.4) is 0 Å². The van der Waals surface area contributed by atoms with E-state index in [4.69, 9.17) is 9.26 Å². The molecule has 140 valence electrons. The van der Waals surface area contributed by atoms with Crippen LogP contribution in [0.2, 0.25) is 0 Å². The second-order valence-electron chi connectivity index (χ2n) is 7.86. The maximum absolute atomic E-state index is 6.27. The summed E-state index contributed by atoms with van der Waals surface area (Å²) in [6, 6.07) is 16.9. The quantitative estimate of drug-likeness (QED) is 0.618. The number of unbranched alkanes of at least 4 members (excludes halogenated alkanes) is 1. The van der Waals surface area contributed by atoms with Gasteiger partial charge in [-0.15, -0.1) is 0 Å². The molecule has 2 aliphatic heterocycles. The molecule has 0 N–H and O–H groups in total. The lowest BCUT2D eigenvalue weighted by Crippen LogP contribution is -2.42. The van der Waals surface area contributed by atoms with Crippen molar-refractivity contribution in [2.24, 2.45) is 0 Å². The summed E-state index contributed by atoms with van der Waals surface area (Å²) < 4.78 is 11.7. The number of nitrogens with zero attached hydrogens (tertiary/aromatic N) is 2. The molecular weight excluding hydrogens is 336 g/mol. The van der Waals surface area contributed by atoms with Crippen LogP contribution in [0, 0.1) is 0 Å². The Morgan fingerprint density at radius 1 is 0.963 bits per heavy atom. The summed E-state index contributed by atoms with van der Waals surface area (Å²) in [5, 5.41) is 5.41. The molecule has 5 rings (SSSR count). The molecule has 1 saturated heterocycles. The highest BCUT2D eigenvalue weighted by molar-refractivity contribution is 5.79. The summed E-state index contributed by atoms with van der Waals surface area (Å²) in [5.74, 6) is 0. The SMILES string of the molecule is c1ccc2c(c1)COC21CCN(CCCCc2noc3ccccc23)CC1. The molecule has 1 fully saturated rings. The van der Waals surface area contributed by atoms with Crippen molar-refractivity contribution >= 4 is 11.0 Å². The first kappa shape index (κ1) is 17.0. The molecule has 2 aliphatic rings. The smallest absolute Gasteiger partial charge is 0.167 e. The minimum Gasteiger partial charge on any atom is -0.365 e. The predicted molar refractivity (Wildman–Crippen MR) is 106 cm³/mol. The molecule has 1 aromatic heterocycles. The molecule has 0 radical (unpaired) electrons. The van der Waals surface area contributed by atoms with Gasteiger partial charge in [-0.05, 0) is 61.9 Å². The van der Waals surface area contributed by atoms with E-state index >= 15 is 0 Å². The van der Waals surface area contributed by atoms with Crippen molar-refractivity contribution in [3.8, 4) is 0 Å². The summed E-state index contributed by atoms with van der Waals surface area (Å²) >= 11 is 0. The van der Waals surface area contributed by atoms with Crippen LogP contribution in [0.25, 0.3) is 11.0 Å². The number of hydrogen-bond donors (Lipinski definition) is 0. The van der Waals surface area contributed by atoms with Gasteiger partial charge in [0.05, 0.1) is 17.9 Å². The Hall–Kier alpha value is -2.17. The summed E-state index contributed by atoms with van der Waals surface area (Å²) in [7, 11) is 0. The van der Waals surface area contributed by atoms with Gasteiger partial charge >= 0.3 is 0 Å². The van der Waals surface area contributed by atoms with Crippen molar-refractivity contribution < 1.29 is 9.26 Å². The fourth-order valence-electron chi connectivity index (χ4n) is 4.68. The summed E-state index contributed by atoms with van der Waals surface area (Å²) in [6.07, 6.45) is 5.56. The fraction of sp³-hybridized carbons (Fsp3) is 0.435. The van der Waals surface area contributed by atoms with E-state index in [1.54, 1.807) is 0 Å². The van der Waals surface area contributed by atoms with Gasteiger partial charge in [0.2, 0.25) is 0 Å². The zero-order chi connectivity index (χ0) is 18.1. The largest absolute Gasteiger partial charge is 0.365 e. The molecule has 1 spiro atoms. The molecule has 27 heavy (non-hydrogen) atoms. The molecule has 0 aliphatic carbocycles. The zero-order valence-electron chi connectivity index (χ0n) is 15.7. The standard InChI is InChI=1S/C23H26N2O2/c1-3-9-20-18(7-1)17-26-23(20)12-15-25(16-13-23)14-6-5-10-21-19-8-2-4-11-22(19)27-24-21/h1-4,7-9,11H,5-6,10,12-17H2. The van der Waals surface area contributed by atoms with E-state index in [1.807, 2.05) is 12.1 Å². The average molecular weight is 362 g/mol. The van der Waals surface area contributed by atoms with E-state index in [9.17, 15) is 0 Å². The maximum atomic E-state index is 6.27. The zero-order valence-corrected chi connectivity index (χ0v) is 15.7. The molecule has 0 atom stereocenters. The van der Waals surface area contributed by atoms with Gasteiger partial charge in [0.1, 0.15) is 0 Å². The van der Waals surface area contributed by atoms with Gasteiger partial charge < -0.3 is 14.2 Å². The summed E-state index contributed by atoms with van der Waals surface area (Å²) in [4.78, 5) is 2.59. The topological polar surface area (TPSA) is 38.5 Å². The van der Waals surface area contributed by atoms with Crippen LogP contribution in [0.1, 0.15) is 42.5 Å². The molecule has 3 aromatic rings. The number of aryl methyl sites for hydroxylation is 1. The Morgan fingerprint density at radius 2 is 1.78 bits per heavy atom. The van der Waals surface area contributed by atoms with Crippen molar-refractivity contribution in [3.63, 3.8) is 0 Å². The third kappa shape index (κ3) is 3.17. The van der Waals surface area contributed by atoms with Crippen molar-refractivity contribution in [3.05, 3.63) is 65.4 Å². The number of para-hydroxylation sites is 1. The number of fused-ring (bicyclic) bond motifs is 3. The van der Waals surface area contributed by atoms with Crippen molar-refractivity contribution in [2.45, 2.75) is 44.3 Å². The van der Waals surface area contributed by atoms with Crippen LogP contribution in [0.5, 0.6) is 0 Å². The third-order valence-electron chi connectivity index (χ3n) is 6.27. The molecule has 0 bridgehead atoms. The van der Waals surface area contributed by atoms with Gasteiger partial charge in [-0.25, -0.2) is 0 Å². The highest BCUT2D eigenvalue weighted by atomic mass is 16.5. The van der Waals surface area contributed by atoms with Crippen molar-refractivity contribution in [2.75, 3.05) is 19.6 Å². The first-order chi connectivity index (χ1) is 13.3. The normalized spacial score (nSPS) is 19.0. The third-order valence-corrected chi connectivity index (χ3v) is 6.27. The lowest BCUT2D eigenvalue weighted by molar-refractivity contribution is -0.0788. The maximum Gasteiger partial charge on any atom is 0.167 e. The van der Waals surface area contributed by atoms with Gasteiger partial charge in [-0.1, -0.05) is 41.6 Å². The monoisotopic (exact) mass is 362 g/mol. The number of likely N-dealkylation sites (tertiary alicyclic amines) is 1. The molecule has 0 amide bonds. The molecule has 3 heterocycles. The van der Waals surface area contributed by atoms with Crippen LogP contribution >= 0.6 is 0 Å². The summed E-state index contributed by atoms with van der Waals surface area (Å²) in [6.45, 7) is 4.19. The molecule has 4 nitrogen and oxygen atoms in total.